The van der Waals surface area contributed by atoms with E-state index >= 15 is 0 Å². The zero-order valence-corrected chi connectivity index (χ0v) is 13.7. The summed E-state index contributed by atoms with van der Waals surface area (Å²) in [5.41, 5.74) is 1.55. The van der Waals surface area contributed by atoms with Gasteiger partial charge in [0, 0.05) is 11.3 Å². The smallest absolute Gasteiger partial charge is 0.0649 e. The molecule has 1 unspecified atom stereocenters. The zero-order chi connectivity index (χ0) is 12.8. The molecule has 4 heteroatoms. The van der Waals surface area contributed by atoms with Crippen molar-refractivity contribution in [1.29, 1.82) is 0 Å². The van der Waals surface area contributed by atoms with Crippen LogP contribution in [0.3, 0.4) is 0 Å². The lowest BCUT2D eigenvalue weighted by Gasteiger charge is -2.27. The van der Waals surface area contributed by atoms with E-state index in [1.54, 1.807) is 5.56 Å². The van der Waals surface area contributed by atoms with Crippen LogP contribution in [-0.4, -0.2) is 23.8 Å². The summed E-state index contributed by atoms with van der Waals surface area (Å²) in [5.74, 6) is 1.31. The number of thiophene rings is 1. The first-order chi connectivity index (χ1) is 8.81. The summed E-state index contributed by atoms with van der Waals surface area (Å²) in [6.07, 6.45) is 7.51. The molecule has 0 fully saturated rings. The van der Waals surface area contributed by atoms with E-state index in [4.69, 9.17) is 0 Å². The first-order valence-electron chi connectivity index (χ1n) is 6.77. The number of unbranched alkanes of at least 4 members (excludes halogenated alkanes) is 2. The van der Waals surface area contributed by atoms with Gasteiger partial charge in [0.2, 0.25) is 0 Å². The van der Waals surface area contributed by atoms with E-state index in [0.717, 1.165) is 5.25 Å². The monoisotopic (exact) mass is 301 g/mol. The highest BCUT2D eigenvalue weighted by molar-refractivity contribution is 8.01. The van der Waals surface area contributed by atoms with Gasteiger partial charge in [-0.15, -0.1) is 23.1 Å². The number of hydrogen-bond acceptors (Lipinski definition) is 4. The predicted molar refractivity (Wildman–Crippen MR) is 87.2 cm³/mol. The molecule has 1 aromatic heterocycles. The van der Waals surface area contributed by atoms with Gasteiger partial charge in [0.1, 0.15) is 0 Å². The molecule has 1 aliphatic heterocycles. The van der Waals surface area contributed by atoms with E-state index in [2.05, 4.69) is 29.9 Å². The van der Waals surface area contributed by atoms with Crippen LogP contribution in [0.5, 0.6) is 0 Å². The van der Waals surface area contributed by atoms with Crippen LogP contribution in [0.15, 0.2) is 15.7 Å². The average Bonchev–Trinajstić information content (AvgIpc) is 2.81. The molecule has 0 radical (unpaired) electrons. The number of nitrogens with one attached hydrogen (secondary N) is 1. The van der Waals surface area contributed by atoms with E-state index < -0.39 is 0 Å². The molecular weight excluding hydrogens is 278 g/mol. The Labute approximate surface area is 124 Å². The van der Waals surface area contributed by atoms with Gasteiger partial charge < -0.3 is 5.32 Å². The predicted octanol–water partition coefficient (Wildman–Crippen LogP) is 4.80. The van der Waals surface area contributed by atoms with E-state index in [-0.39, 0.29) is 0 Å². The van der Waals surface area contributed by atoms with Crippen molar-refractivity contribution in [2.45, 2.75) is 48.1 Å². The summed E-state index contributed by atoms with van der Waals surface area (Å²) in [4.78, 5) is 0. The summed E-state index contributed by atoms with van der Waals surface area (Å²) in [6.45, 7) is 3.52. The Balaban J connectivity index is 1.73. The van der Waals surface area contributed by atoms with Crippen molar-refractivity contribution in [3.63, 3.8) is 0 Å². The van der Waals surface area contributed by atoms with E-state index in [9.17, 15) is 0 Å². The summed E-state index contributed by atoms with van der Waals surface area (Å²) < 4.78 is 1.54. The molecule has 1 aliphatic rings. The highest BCUT2D eigenvalue weighted by Crippen LogP contribution is 2.43. The number of fused-ring (bicyclic) bond motifs is 1. The summed E-state index contributed by atoms with van der Waals surface area (Å²) in [6, 6.07) is 2.91. The van der Waals surface area contributed by atoms with Gasteiger partial charge in [-0.2, -0.15) is 11.8 Å². The Bertz CT molecular complexity index is 351. The highest BCUT2D eigenvalue weighted by Gasteiger charge is 2.25. The van der Waals surface area contributed by atoms with Crippen LogP contribution in [0.1, 0.15) is 44.2 Å². The second-order valence-corrected chi connectivity index (χ2v) is 8.50. The van der Waals surface area contributed by atoms with Crippen LogP contribution in [0, 0.1) is 0 Å². The fourth-order valence-corrected chi connectivity index (χ4v) is 5.43. The number of rotatable bonds is 7. The molecule has 102 valence electrons. The normalized spacial score (nSPS) is 23.0. The van der Waals surface area contributed by atoms with Gasteiger partial charge in [0.05, 0.1) is 4.21 Å². The largest absolute Gasteiger partial charge is 0.310 e. The molecule has 0 aliphatic carbocycles. The molecule has 0 amide bonds. The summed E-state index contributed by atoms with van der Waals surface area (Å²) in [5, 5.41) is 6.75. The molecule has 1 N–H and O–H groups in total. The van der Waals surface area contributed by atoms with Crippen LogP contribution in [-0.2, 0) is 0 Å². The lowest BCUT2D eigenvalue weighted by atomic mass is 10.0. The molecule has 0 saturated heterocycles. The van der Waals surface area contributed by atoms with Crippen molar-refractivity contribution in [2.75, 3.05) is 18.6 Å². The Morgan fingerprint density at radius 2 is 2.28 bits per heavy atom. The van der Waals surface area contributed by atoms with Gasteiger partial charge in [-0.05, 0) is 54.8 Å². The number of hydrogen-bond donors (Lipinski definition) is 1. The van der Waals surface area contributed by atoms with E-state index in [0.29, 0.717) is 6.04 Å². The standard InChI is InChI=1S/C14H23NS3/c1-11-10-13(12-6-9-17-14(12)18-11)15-7-4-3-5-8-16-2/h6,9,11,13,15H,3-5,7-8,10H2,1-2H3/t11-,13?/m0/s1. The van der Waals surface area contributed by atoms with Gasteiger partial charge >= 0.3 is 0 Å². The van der Waals surface area contributed by atoms with Crippen LogP contribution in [0.2, 0.25) is 0 Å². The van der Waals surface area contributed by atoms with Crippen molar-refractivity contribution in [1.82, 2.24) is 5.32 Å². The Kier molecular flexibility index (Phi) is 6.42. The van der Waals surface area contributed by atoms with E-state index in [1.165, 1.54) is 42.2 Å². The fourth-order valence-electron chi connectivity index (χ4n) is 2.37. The lowest BCUT2D eigenvalue weighted by molar-refractivity contribution is 0.477. The van der Waals surface area contributed by atoms with Crippen molar-refractivity contribution in [3.8, 4) is 0 Å². The molecule has 18 heavy (non-hydrogen) atoms. The molecule has 2 atom stereocenters. The maximum atomic E-state index is 3.76. The Morgan fingerprint density at radius 1 is 1.39 bits per heavy atom. The van der Waals surface area contributed by atoms with Crippen molar-refractivity contribution in [3.05, 3.63) is 17.0 Å². The average molecular weight is 302 g/mol. The first-order valence-corrected chi connectivity index (χ1v) is 9.93. The third-order valence-corrected chi connectivity index (χ3v) is 6.37. The van der Waals surface area contributed by atoms with Crippen LogP contribution < -0.4 is 5.32 Å². The van der Waals surface area contributed by atoms with Gasteiger partial charge in [0.15, 0.2) is 0 Å². The topological polar surface area (TPSA) is 12.0 Å². The van der Waals surface area contributed by atoms with Crippen molar-refractivity contribution < 1.29 is 0 Å². The molecule has 1 nitrogen and oxygen atoms in total. The zero-order valence-electron chi connectivity index (χ0n) is 11.3. The van der Waals surface area contributed by atoms with Gasteiger partial charge in [0.25, 0.3) is 0 Å². The SMILES string of the molecule is CSCCCCCNC1C[C@H](C)Sc2sccc21. The minimum atomic E-state index is 0.600. The molecular formula is C14H23NS3. The quantitative estimate of drug-likeness (QED) is 0.727. The third-order valence-electron chi connectivity index (χ3n) is 3.33. The van der Waals surface area contributed by atoms with Crippen LogP contribution >= 0.6 is 34.9 Å². The molecule has 0 saturated carbocycles. The maximum absolute atomic E-state index is 3.76. The minimum Gasteiger partial charge on any atom is -0.310 e. The van der Waals surface area contributed by atoms with Gasteiger partial charge in [-0.1, -0.05) is 13.3 Å². The summed E-state index contributed by atoms with van der Waals surface area (Å²) >= 11 is 5.91. The highest BCUT2D eigenvalue weighted by atomic mass is 32.2. The molecule has 2 rings (SSSR count). The van der Waals surface area contributed by atoms with Crippen LogP contribution in [0.25, 0.3) is 0 Å². The van der Waals surface area contributed by atoms with Crippen molar-refractivity contribution in [2.24, 2.45) is 0 Å². The van der Waals surface area contributed by atoms with Gasteiger partial charge in [-0.25, -0.2) is 0 Å². The molecule has 0 aromatic carbocycles. The second kappa shape index (κ2) is 7.83. The molecule has 2 heterocycles. The minimum absolute atomic E-state index is 0.600. The molecule has 0 spiro atoms. The first kappa shape index (κ1) is 14.8. The molecule has 1 aromatic rings. The summed E-state index contributed by atoms with van der Waals surface area (Å²) in [7, 11) is 0. The maximum Gasteiger partial charge on any atom is 0.0649 e. The Morgan fingerprint density at radius 3 is 3.11 bits per heavy atom. The fraction of sp³-hybridized carbons (Fsp3) is 0.714. The second-order valence-electron chi connectivity index (χ2n) is 4.89. The van der Waals surface area contributed by atoms with Gasteiger partial charge in [-0.3, -0.25) is 0 Å². The third kappa shape index (κ3) is 4.19. The van der Waals surface area contributed by atoms with Crippen molar-refractivity contribution >= 4 is 34.9 Å². The Hall–Kier alpha value is 0.360. The molecule has 0 bridgehead atoms. The lowest BCUT2D eigenvalue weighted by Crippen LogP contribution is -2.27. The van der Waals surface area contributed by atoms with E-state index in [1.807, 2.05) is 34.9 Å². The van der Waals surface area contributed by atoms with Crippen LogP contribution in [0.4, 0.5) is 0 Å². The number of thioether (sulfide) groups is 2.